The van der Waals surface area contributed by atoms with Crippen LogP contribution in [0, 0.1) is 11.3 Å². The van der Waals surface area contributed by atoms with Gasteiger partial charge in [-0.1, -0.05) is 0 Å². The molecule has 0 amide bonds. The fourth-order valence-electron chi connectivity index (χ4n) is 1.26. The van der Waals surface area contributed by atoms with Crippen molar-refractivity contribution < 1.29 is 14.6 Å². The van der Waals surface area contributed by atoms with Gasteiger partial charge in [-0.25, -0.2) is 0 Å². The van der Waals surface area contributed by atoms with Gasteiger partial charge in [-0.3, -0.25) is 0 Å². The maximum absolute atomic E-state index is 9.11. The zero-order valence-corrected chi connectivity index (χ0v) is 9.27. The Morgan fingerprint density at radius 3 is 2.88 bits per heavy atom. The largest absolute Gasteiger partial charge is 0.497 e. The third-order valence-corrected chi connectivity index (χ3v) is 2.14. The molecule has 0 aromatic heterocycles. The molecule has 4 nitrogen and oxygen atoms in total. The van der Waals surface area contributed by atoms with Gasteiger partial charge in [-0.2, -0.15) is 5.26 Å². The summed E-state index contributed by atoms with van der Waals surface area (Å²) in [5.74, 6) is 1.30. The van der Waals surface area contributed by atoms with Gasteiger partial charge in [0.25, 0.3) is 0 Å². The minimum Gasteiger partial charge on any atom is -0.497 e. The summed E-state index contributed by atoms with van der Waals surface area (Å²) in [6.45, 7) is 0.394. The van der Waals surface area contributed by atoms with Crippen molar-refractivity contribution in [3.8, 4) is 17.6 Å². The highest BCUT2D eigenvalue weighted by atomic mass is 16.5. The van der Waals surface area contributed by atoms with E-state index in [0.717, 1.165) is 5.56 Å². The van der Waals surface area contributed by atoms with Crippen LogP contribution in [0.3, 0.4) is 0 Å². The summed E-state index contributed by atoms with van der Waals surface area (Å²) in [7, 11) is 1.58. The van der Waals surface area contributed by atoms with E-state index < -0.39 is 0 Å². The van der Waals surface area contributed by atoms with Crippen molar-refractivity contribution in [3.05, 3.63) is 23.8 Å². The van der Waals surface area contributed by atoms with E-state index in [0.29, 0.717) is 30.9 Å². The summed E-state index contributed by atoms with van der Waals surface area (Å²) in [6.07, 6.45) is 1.15. The fourth-order valence-corrected chi connectivity index (χ4v) is 1.26. The van der Waals surface area contributed by atoms with Crippen LogP contribution in [0.1, 0.15) is 18.4 Å². The third kappa shape index (κ3) is 3.44. The molecule has 0 saturated heterocycles. The van der Waals surface area contributed by atoms with Crippen LogP contribution in [0.15, 0.2) is 18.2 Å². The van der Waals surface area contributed by atoms with E-state index in [9.17, 15) is 0 Å². The second-order valence-corrected chi connectivity index (χ2v) is 3.24. The maximum Gasteiger partial charge on any atom is 0.128 e. The van der Waals surface area contributed by atoms with Crippen LogP contribution >= 0.6 is 0 Å². The Hall–Kier alpha value is -1.73. The summed E-state index contributed by atoms with van der Waals surface area (Å²) < 4.78 is 10.5. The lowest BCUT2D eigenvalue weighted by atomic mass is 10.2. The topological polar surface area (TPSA) is 62.5 Å². The van der Waals surface area contributed by atoms with E-state index in [1.807, 2.05) is 0 Å². The lowest BCUT2D eigenvalue weighted by Gasteiger charge is -2.10. The molecule has 0 aliphatic carbocycles. The number of hydrogen-bond acceptors (Lipinski definition) is 4. The van der Waals surface area contributed by atoms with Crippen molar-refractivity contribution in [2.45, 2.75) is 19.4 Å². The minimum absolute atomic E-state index is 0.0718. The van der Waals surface area contributed by atoms with Crippen molar-refractivity contribution in [3.63, 3.8) is 0 Å². The van der Waals surface area contributed by atoms with Gasteiger partial charge in [0.15, 0.2) is 0 Å². The zero-order valence-electron chi connectivity index (χ0n) is 9.27. The summed E-state index contributed by atoms with van der Waals surface area (Å²) in [5, 5.41) is 17.5. The Morgan fingerprint density at radius 2 is 2.25 bits per heavy atom. The van der Waals surface area contributed by atoms with Crippen molar-refractivity contribution in [2.75, 3.05) is 13.7 Å². The van der Waals surface area contributed by atoms with Crippen LogP contribution in [-0.4, -0.2) is 18.8 Å². The number of ether oxygens (including phenoxy) is 2. The van der Waals surface area contributed by atoms with Crippen molar-refractivity contribution in [1.29, 1.82) is 5.26 Å². The fraction of sp³-hybridized carbons (Fsp3) is 0.417. The smallest absolute Gasteiger partial charge is 0.128 e. The summed E-state index contributed by atoms with van der Waals surface area (Å²) in [6, 6.07) is 7.32. The molecule has 0 aliphatic heterocycles. The van der Waals surface area contributed by atoms with Crippen LogP contribution in [0.25, 0.3) is 0 Å². The molecule has 0 atom stereocenters. The standard InChI is InChI=1S/C12H15NO3/c1-15-11-5-4-10(9-14)12(8-11)16-7-3-2-6-13/h4-5,8,14H,2-3,7,9H2,1H3. The highest BCUT2D eigenvalue weighted by Gasteiger charge is 2.04. The molecule has 0 radical (unpaired) electrons. The molecule has 0 saturated carbocycles. The van der Waals surface area contributed by atoms with E-state index in [2.05, 4.69) is 6.07 Å². The van der Waals surface area contributed by atoms with Gasteiger partial charge in [0.1, 0.15) is 11.5 Å². The molecule has 0 unspecified atom stereocenters. The molecule has 16 heavy (non-hydrogen) atoms. The Morgan fingerprint density at radius 1 is 1.44 bits per heavy atom. The van der Waals surface area contributed by atoms with Crippen LogP contribution in [-0.2, 0) is 6.61 Å². The van der Waals surface area contributed by atoms with Crippen molar-refractivity contribution >= 4 is 0 Å². The molecule has 1 rings (SSSR count). The van der Waals surface area contributed by atoms with Gasteiger partial charge >= 0.3 is 0 Å². The number of nitriles is 1. The SMILES string of the molecule is COc1ccc(CO)c(OCCCC#N)c1. The first-order valence-electron chi connectivity index (χ1n) is 5.09. The maximum atomic E-state index is 9.11. The Balaban J connectivity index is 2.64. The third-order valence-electron chi connectivity index (χ3n) is 2.14. The molecule has 0 fully saturated rings. The van der Waals surface area contributed by atoms with Crippen LogP contribution in [0.4, 0.5) is 0 Å². The number of rotatable bonds is 6. The van der Waals surface area contributed by atoms with E-state index in [-0.39, 0.29) is 6.61 Å². The van der Waals surface area contributed by atoms with Gasteiger partial charge in [0.2, 0.25) is 0 Å². The van der Waals surface area contributed by atoms with Gasteiger partial charge in [0, 0.05) is 18.1 Å². The number of aliphatic hydroxyl groups excluding tert-OH is 1. The van der Waals surface area contributed by atoms with Crippen LogP contribution in [0.5, 0.6) is 11.5 Å². The first-order chi connectivity index (χ1) is 7.81. The highest BCUT2D eigenvalue weighted by molar-refractivity contribution is 5.40. The van der Waals surface area contributed by atoms with Gasteiger partial charge in [-0.15, -0.1) is 0 Å². The van der Waals surface area contributed by atoms with Gasteiger partial charge < -0.3 is 14.6 Å². The second kappa shape index (κ2) is 6.70. The summed E-state index contributed by atoms with van der Waals surface area (Å²) in [4.78, 5) is 0. The van der Waals surface area contributed by atoms with Crippen LogP contribution < -0.4 is 9.47 Å². The Kier molecular flexibility index (Phi) is 5.17. The molecule has 0 spiro atoms. The molecule has 1 aromatic carbocycles. The minimum atomic E-state index is -0.0718. The van der Waals surface area contributed by atoms with Crippen molar-refractivity contribution in [2.24, 2.45) is 0 Å². The summed E-state index contributed by atoms with van der Waals surface area (Å²) >= 11 is 0. The van der Waals surface area contributed by atoms with Gasteiger partial charge in [-0.05, 0) is 18.6 Å². The van der Waals surface area contributed by atoms with E-state index in [4.69, 9.17) is 19.8 Å². The molecule has 0 bridgehead atoms. The lowest BCUT2D eigenvalue weighted by Crippen LogP contribution is -2.00. The van der Waals surface area contributed by atoms with E-state index in [1.54, 1.807) is 25.3 Å². The van der Waals surface area contributed by atoms with E-state index >= 15 is 0 Å². The second-order valence-electron chi connectivity index (χ2n) is 3.24. The molecule has 1 aromatic rings. The number of hydrogen-bond donors (Lipinski definition) is 1. The normalized spacial score (nSPS) is 9.56. The average Bonchev–Trinajstić information content (AvgIpc) is 2.34. The zero-order chi connectivity index (χ0) is 11.8. The number of methoxy groups -OCH3 is 1. The summed E-state index contributed by atoms with van der Waals surface area (Å²) in [5.41, 5.74) is 0.720. The highest BCUT2D eigenvalue weighted by Crippen LogP contribution is 2.24. The Bertz CT molecular complexity index is 371. The van der Waals surface area contributed by atoms with Gasteiger partial charge in [0.05, 0.1) is 26.4 Å². The monoisotopic (exact) mass is 221 g/mol. The first-order valence-corrected chi connectivity index (χ1v) is 5.09. The molecule has 1 N–H and O–H groups in total. The van der Waals surface area contributed by atoms with Crippen molar-refractivity contribution in [1.82, 2.24) is 0 Å². The van der Waals surface area contributed by atoms with E-state index in [1.165, 1.54) is 0 Å². The first kappa shape index (κ1) is 12.3. The molecule has 0 aliphatic rings. The molecular weight excluding hydrogens is 206 g/mol. The number of nitrogens with zero attached hydrogens (tertiary/aromatic N) is 1. The Labute approximate surface area is 95.0 Å². The predicted octanol–water partition coefficient (Wildman–Crippen LogP) is 1.87. The lowest BCUT2D eigenvalue weighted by molar-refractivity contribution is 0.261. The number of benzene rings is 1. The predicted molar refractivity (Wildman–Crippen MR) is 59.3 cm³/mol. The number of unbranched alkanes of at least 4 members (excludes halogenated alkanes) is 1. The molecule has 0 heterocycles. The quantitative estimate of drug-likeness (QED) is 0.745. The molecule has 4 heteroatoms. The number of aliphatic hydroxyl groups is 1. The molecular formula is C12H15NO3. The van der Waals surface area contributed by atoms with Crippen LogP contribution in [0.2, 0.25) is 0 Å². The average molecular weight is 221 g/mol. The molecule has 86 valence electrons.